The maximum absolute atomic E-state index is 12.0. The number of rotatable bonds is 23. The zero-order chi connectivity index (χ0) is 28.0. The van der Waals surface area contributed by atoms with Crippen LogP contribution in [0, 0.1) is 0 Å². The molecule has 0 radical (unpaired) electrons. The smallest absolute Gasteiger partial charge is 0.472 e. The Morgan fingerprint density at radius 1 is 0.763 bits per heavy atom. The zero-order valence-electron chi connectivity index (χ0n) is 24.4. The number of phosphoric acid groups is 1. The molecule has 7 heteroatoms. The van der Waals surface area contributed by atoms with E-state index in [1.165, 1.54) is 38.5 Å². The third-order valence-electron chi connectivity index (χ3n) is 5.90. The van der Waals surface area contributed by atoms with Crippen LogP contribution in [-0.4, -0.2) is 56.9 Å². The monoisotopic (exact) mass is 550 g/mol. The van der Waals surface area contributed by atoms with Crippen molar-refractivity contribution in [1.82, 2.24) is 0 Å². The van der Waals surface area contributed by atoms with Crippen molar-refractivity contribution in [3.8, 4) is 5.75 Å². The molecule has 1 rings (SSSR count). The molecular weight excluding hydrogens is 497 g/mol. The van der Waals surface area contributed by atoms with Crippen molar-refractivity contribution >= 4 is 7.82 Å². The van der Waals surface area contributed by atoms with Gasteiger partial charge in [-0.3, -0.25) is 9.05 Å². The molecule has 1 aromatic rings. The van der Waals surface area contributed by atoms with E-state index in [0.717, 1.165) is 43.6 Å². The van der Waals surface area contributed by atoms with Crippen LogP contribution in [0.1, 0.15) is 76.7 Å². The Hall–Kier alpha value is -1.69. The minimum atomic E-state index is -4.01. The number of hydrogen-bond donors (Lipinski definition) is 1. The van der Waals surface area contributed by atoms with Gasteiger partial charge < -0.3 is 14.1 Å². The summed E-state index contributed by atoms with van der Waals surface area (Å²) >= 11 is 0. The molecule has 0 saturated carbocycles. The van der Waals surface area contributed by atoms with Gasteiger partial charge in [-0.25, -0.2) is 4.57 Å². The van der Waals surface area contributed by atoms with Gasteiger partial charge in [0, 0.05) is 0 Å². The predicted molar refractivity (Wildman–Crippen MR) is 160 cm³/mol. The first-order valence-electron chi connectivity index (χ1n) is 14.3. The Kier molecular flexibility index (Phi) is 19.1. The van der Waals surface area contributed by atoms with Crippen LogP contribution in [0.2, 0.25) is 0 Å². The van der Waals surface area contributed by atoms with Crippen molar-refractivity contribution in [1.29, 1.82) is 0 Å². The molecule has 0 aliphatic rings. The van der Waals surface area contributed by atoms with E-state index >= 15 is 0 Å². The van der Waals surface area contributed by atoms with Crippen molar-refractivity contribution in [2.24, 2.45) is 0 Å². The van der Waals surface area contributed by atoms with E-state index in [1.807, 2.05) is 45.4 Å². The Labute approximate surface area is 232 Å². The highest BCUT2D eigenvalue weighted by molar-refractivity contribution is 7.47. The van der Waals surface area contributed by atoms with Crippen LogP contribution in [0.25, 0.3) is 0 Å². The Morgan fingerprint density at radius 2 is 1.34 bits per heavy atom. The highest BCUT2D eigenvalue weighted by Crippen LogP contribution is 2.43. The van der Waals surface area contributed by atoms with Gasteiger partial charge in [-0.1, -0.05) is 81.2 Å². The van der Waals surface area contributed by atoms with E-state index in [0.29, 0.717) is 17.4 Å². The van der Waals surface area contributed by atoms with Gasteiger partial charge in [0.2, 0.25) is 0 Å². The molecule has 1 aromatic carbocycles. The molecule has 1 N–H and O–H groups in total. The number of benzene rings is 1. The fourth-order valence-electron chi connectivity index (χ4n) is 3.59. The van der Waals surface area contributed by atoms with E-state index in [9.17, 15) is 9.46 Å². The van der Waals surface area contributed by atoms with Crippen molar-refractivity contribution in [3.63, 3.8) is 0 Å². The normalized spacial score (nSPS) is 14.1. The number of ether oxygens (including phenoxy) is 1. The molecule has 0 heterocycles. The van der Waals surface area contributed by atoms with Gasteiger partial charge in [0.1, 0.15) is 18.9 Å². The summed E-state index contributed by atoms with van der Waals surface area (Å²) in [6.45, 7) is 3.82. The van der Waals surface area contributed by atoms with Crippen LogP contribution in [0.15, 0.2) is 60.7 Å². The van der Waals surface area contributed by atoms with Crippen LogP contribution in [0.3, 0.4) is 0 Å². The number of allylic oxidation sites excluding steroid dienone is 6. The summed E-state index contributed by atoms with van der Waals surface area (Å²) in [6, 6.07) is 7.82. The summed E-state index contributed by atoms with van der Waals surface area (Å²) in [7, 11) is 1.98. The molecule has 0 aliphatic carbocycles. The van der Waals surface area contributed by atoms with Crippen molar-refractivity contribution in [3.05, 3.63) is 66.3 Å². The number of likely N-dealkylation sites (N-methyl/N-ethyl adjacent to an activating group) is 1. The summed E-state index contributed by atoms with van der Waals surface area (Å²) in [5.41, 5.74) is 1.02. The van der Waals surface area contributed by atoms with Gasteiger partial charge in [0.15, 0.2) is 0 Å². The molecule has 0 aliphatic heterocycles. The minimum Gasteiger partial charge on any atom is -0.494 e. The van der Waals surface area contributed by atoms with Crippen LogP contribution in [-0.2, 0) is 20.0 Å². The second-order valence-electron chi connectivity index (χ2n) is 10.6. The van der Waals surface area contributed by atoms with E-state index in [-0.39, 0.29) is 13.2 Å². The predicted octanol–water partition coefficient (Wildman–Crippen LogP) is 8.04. The first-order chi connectivity index (χ1) is 18.2. The lowest BCUT2D eigenvalue weighted by atomic mass is 10.1. The van der Waals surface area contributed by atoms with Gasteiger partial charge in [-0.15, -0.1) is 0 Å². The van der Waals surface area contributed by atoms with Gasteiger partial charge in [0.05, 0.1) is 34.4 Å². The van der Waals surface area contributed by atoms with Crippen LogP contribution >= 0.6 is 7.82 Å². The zero-order valence-corrected chi connectivity index (χ0v) is 25.2. The topological polar surface area (TPSA) is 65.0 Å². The highest BCUT2D eigenvalue weighted by Gasteiger charge is 2.22. The van der Waals surface area contributed by atoms with Crippen LogP contribution in [0.4, 0.5) is 0 Å². The molecule has 1 atom stereocenters. The van der Waals surface area contributed by atoms with Crippen molar-refractivity contribution in [2.75, 3.05) is 47.5 Å². The lowest BCUT2D eigenvalue weighted by Gasteiger charge is -2.24. The Morgan fingerprint density at radius 3 is 2.00 bits per heavy atom. The van der Waals surface area contributed by atoms with Crippen molar-refractivity contribution < 1.29 is 27.7 Å². The lowest BCUT2D eigenvalue weighted by Crippen LogP contribution is -2.37. The molecule has 0 bridgehead atoms. The maximum Gasteiger partial charge on any atom is 0.472 e. The lowest BCUT2D eigenvalue weighted by molar-refractivity contribution is -0.870. The van der Waals surface area contributed by atoms with Gasteiger partial charge in [-0.2, -0.15) is 0 Å². The van der Waals surface area contributed by atoms with Gasteiger partial charge in [-0.05, 0) is 62.6 Å². The molecule has 216 valence electrons. The number of nitrogens with zero attached hydrogens (tertiary/aromatic N) is 1. The number of phosphoric ester groups is 1. The molecule has 0 amide bonds. The molecule has 1 unspecified atom stereocenters. The number of unbranched alkanes of at least 4 members (excludes halogenated alkanes) is 6. The summed E-state index contributed by atoms with van der Waals surface area (Å²) in [5, 5.41) is 0. The summed E-state index contributed by atoms with van der Waals surface area (Å²) in [4.78, 5) is 9.79. The fraction of sp³-hybridized carbons (Fsp3) is 0.613. The Balaban J connectivity index is 2.02. The van der Waals surface area contributed by atoms with E-state index in [4.69, 9.17) is 13.8 Å². The SMILES string of the molecule is CC/C=C\C/C=C\C/C=C\CCCCCCCCOc1ccc(CCOP(=O)(O)OCC[N+](C)(C)C)cc1. The maximum atomic E-state index is 12.0. The second kappa shape index (κ2) is 21.2. The van der Waals surface area contributed by atoms with E-state index < -0.39 is 7.82 Å². The van der Waals surface area contributed by atoms with E-state index in [2.05, 4.69) is 43.4 Å². The molecule has 6 nitrogen and oxygen atoms in total. The second-order valence-corrected chi connectivity index (χ2v) is 12.0. The Bertz CT molecular complexity index is 843. The van der Waals surface area contributed by atoms with Crippen molar-refractivity contribution in [2.45, 2.75) is 77.6 Å². The number of hydrogen-bond acceptors (Lipinski definition) is 4. The molecule has 0 saturated heterocycles. The highest BCUT2D eigenvalue weighted by atomic mass is 31.2. The first-order valence-corrected chi connectivity index (χ1v) is 15.8. The summed E-state index contributed by atoms with van der Waals surface area (Å²) in [5.74, 6) is 0.852. The molecule has 0 aromatic heterocycles. The average Bonchev–Trinajstić information content (AvgIpc) is 2.86. The molecule has 0 fully saturated rings. The van der Waals surface area contributed by atoms with Gasteiger partial charge in [0.25, 0.3) is 0 Å². The first kappa shape index (κ1) is 34.3. The third kappa shape index (κ3) is 21.3. The standard InChI is InChI=1S/C31H52NO5P/c1-5-6-7-8-9-10-11-12-13-14-15-16-17-18-19-20-27-35-31-23-21-30(22-24-31)25-28-36-38(33,34)37-29-26-32(2,3)4/h6-7,9-10,12-13,21-24H,5,8,11,14-20,25-29H2,1-4H3/p+1/b7-6-,10-9-,13-12-. The van der Waals surface area contributed by atoms with E-state index in [1.54, 1.807) is 0 Å². The largest absolute Gasteiger partial charge is 0.494 e. The average molecular weight is 551 g/mol. The van der Waals surface area contributed by atoms with Crippen LogP contribution in [0.5, 0.6) is 5.75 Å². The van der Waals surface area contributed by atoms with Crippen LogP contribution < -0.4 is 4.74 Å². The minimum absolute atomic E-state index is 0.128. The fourth-order valence-corrected chi connectivity index (χ4v) is 4.30. The van der Waals surface area contributed by atoms with Gasteiger partial charge >= 0.3 is 7.82 Å². The molecule has 0 spiro atoms. The third-order valence-corrected chi connectivity index (χ3v) is 6.92. The summed E-state index contributed by atoms with van der Waals surface area (Å²) in [6.07, 6.45) is 25.8. The summed E-state index contributed by atoms with van der Waals surface area (Å²) < 4.78 is 28.6. The molecular formula is C31H53NO5P+. The molecule has 38 heavy (non-hydrogen) atoms. The number of quaternary nitrogens is 1. The quantitative estimate of drug-likeness (QED) is 0.0647.